The second kappa shape index (κ2) is 7.70. The zero-order valence-electron chi connectivity index (χ0n) is 15.5. The topological polar surface area (TPSA) is 75.3 Å². The first-order chi connectivity index (χ1) is 12.3. The Kier molecular flexibility index (Phi) is 5.63. The minimum Gasteiger partial charge on any atom is -0.465 e. The molecule has 0 bridgehead atoms. The molecule has 0 radical (unpaired) electrons. The van der Waals surface area contributed by atoms with E-state index in [1.165, 1.54) is 12.0 Å². The third-order valence-electron chi connectivity index (χ3n) is 4.07. The molecule has 0 saturated carbocycles. The van der Waals surface area contributed by atoms with Crippen molar-refractivity contribution < 1.29 is 14.3 Å². The fourth-order valence-electron chi connectivity index (χ4n) is 2.73. The van der Waals surface area contributed by atoms with Gasteiger partial charge in [-0.05, 0) is 55.8 Å². The monoisotopic (exact) mass is 351 g/mol. The highest BCUT2D eigenvalue weighted by atomic mass is 16.5. The summed E-state index contributed by atoms with van der Waals surface area (Å²) in [4.78, 5) is 25.0. The van der Waals surface area contributed by atoms with Crippen molar-refractivity contribution in [1.29, 1.82) is 5.26 Å². The van der Waals surface area contributed by atoms with Crippen molar-refractivity contribution in [3.63, 3.8) is 0 Å². The van der Waals surface area contributed by atoms with E-state index in [-0.39, 0.29) is 17.4 Å². The predicted molar refractivity (Wildman–Crippen MR) is 98.9 cm³/mol. The number of hydrogen-bond donors (Lipinski definition) is 0. The number of aryl methyl sites for hydroxylation is 1. The Bertz CT molecular complexity index is 913. The van der Waals surface area contributed by atoms with Crippen molar-refractivity contribution in [3.8, 4) is 11.8 Å². The van der Waals surface area contributed by atoms with Gasteiger partial charge in [-0.1, -0.05) is 0 Å². The summed E-state index contributed by atoms with van der Waals surface area (Å²) in [7, 11) is 4.57. The zero-order chi connectivity index (χ0) is 19.4. The molecule has 0 saturated heterocycles. The molecule has 0 aliphatic rings. The van der Waals surface area contributed by atoms with E-state index in [1.54, 1.807) is 32.3 Å². The molecule has 134 valence electrons. The summed E-state index contributed by atoms with van der Waals surface area (Å²) in [5.74, 6) is -0.721. The van der Waals surface area contributed by atoms with E-state index in [4.69, 9.17) is 4.74 Å². The highest BCUT2D eigenvalue weighted by molar-refractivity contribution is 6.01. The summed E-state index contributed by atoms with van der Waals surface area (Å²) in [6.45, 7) is 3.86. The largest absolute Gasteiger partial charge is 0.465 e. The Morgan fingerprint density at radius 2 is 1.81 bits per heavy atom. The number of nitriles is 1. The molecule has 6 heteroatoms. The SMILES string of the molecule is COC(=O)c1ccc(-n2c(C)cc(/C=C(/C#N)C(=O)N(C)C)c2C)cc1. The fourth-order valence-corrected chi connectivity index (χ4v) is 2.73. The predicted octanol–water partition coefficient (Wildman–Crippen LogP) is 2.88. The third kappa shape index (κ3) is 3.67. The van der Waals surface area contributed by atoms with Crippen LogP contribution in [0, 0.1) is 25.2 Å². The van der Waals surface area contributed by atoms with Gasteiger partial charge in [0.25, 0.3) is 5.91 Å². The van der Waals surface area contributed by atoms with Crippen LogP contribution in [0.4, 0.5) is 0 Å². The molecule has 1 amide bonds. The highest BCUT2D eigenvalue weighted by Gasteiger charge is 2.15. The van der Waals surface area contributed by atoms with E-state index >= 15 is 0 Å². The average molecular weight is 351 g/mol. The molecule has 0 aliphatic carbocycles. The van der Waals surface area contributed by atoms with Crippen LogP contribution in [-0.2, 0) is 9.53 Å². The van der Waals surface area contributed by atoms with Crippen LogP contribution in [0.5, 0.6) is 0 Å². The van der Waals surface area contributed by atoms with Crippen LogP contribution in [-0.4, -0.2) is 42.5 Å². The third-order valence-corrected chi connectivity index (χ3v) is 4.07. The van der Waals surface area contributed by atoms with Gasteiger partial charge in [0.15, 0.2) is 0 Å². The van der Waals surface area contributed by atoms with Crippen LogP contribution in [0.1, 0.15) is 27.3 Å². The second-order valence-corrected chi connectivity index (χ2v) is 6.07. The normalized spacial score (nSPS) is 11.0. The Morgan fingerprint density at radius 3 is 2.31 bits per heavy atom. The number of carbonyl (C=O) groups excluding carboxylic acids is 2. The summed E-state index contributed by atoms with van der Waals surface area (Å²) in [5, 5.41) is 9.28. The summed E-state index contributed by atoms with van der Waals surface area (Å²) in [5.41, 5.74) is 4.08. The number of ether oxygens (including phenoxy) is 1. The maximum Gasteiger partial charge on any atom is 0.337 e. The quantitative estimate of drug-likeness (QED) is 0.482. The van der Waals surface area contributed by atoms with Crippen molar-refractivity contribution in [2.24, 2.45) is 0 Å². The lowest BCUT2D eigenvalue weighted by molar-refractivity contribution is -0.124. The Balaban J connectivity index is 2.47. The number of aromatic nitrogens is 1. The van der Waals surface area contributed by atoms with Gasteiger partial charge in [0, 0.05) is 31.2 Å². The first kappa shape index (κ1) is 19.0. The number of benzene rings is 1. The molecule has 0 atom stereocenters. The number of carbonyl (C=O) groups is 2. The van der Waals surface area contributed by atoms with Gasteiger partial charge < -0.3 is 14.2 Å². The van der Waals surface area contributed by atoms with Crippen molar-refractivity contribution in [2.45, 2.75) is 13.8 Å². The first-order valence-electron chi connectivity index (χ1n) is 8.01. The van der Waals surface area contributed by atoms with E-state index in [0.717, 1.165) is 22.6 Å². The minimum atomic E-state index is -0.387. The van der Waals surface area contributed by atoms with Crippen LogP contribution in [0.3, 0.4) is 0 Å². The standard InChI is InChI=1S/C20H21N3O3/c1-13-10-16(11-17(12-21)19(24)22(3)4)14(2)23(13)18-8-6-15(7-9-18)20(25)26-5/h6-11H,1-5H3/b17-11-. The van der Waals surface area contributed by atoms with Crippen LogP contribution < -0.4 is 0 Å². The second-order valence-electron chi connectivity index (χ2n) is 6.07. The molecule has 0 N–H and O–H groups in total. The number of methoxy groups -OCH3 is 1. The summed E-state index contributed by atoms with van der Waals surface area (Å²) in [6, 6.07) is 10.9. The minimum absolute atomic E-state index is 0.0799. The molecule has 0 unspecified atom stereocenters. The Labute approximate surface area is 152 Å². The van der Waals surface area contributed by atoms with Gasteiger partial charge in [-0.25, -0.2) is 4.79 Å². The number of amides is 1. The van der Waals surface area contributed by atoms with E-state index in [1.807, 2.05) is 42.7 Å². The first-order valence-corrected chi connectivity index (χ1v) is 8.01. The van der Waals surface area contributed by atoms with Crippen molar-refractivity contribution >= 4 is 18.0 Å². The molecule has 0 aliphatic heterocycles. The van der Waals surface area contributed by atoms with Gasteiger partial charge in [0.1, 0.15) is 11.6 Å². The number of hydrogen-bond acceptors (Lipinski definition) is 4. The molecule has 1 aromatic carbocycles. The van der Waals surface area contributed by atoms with Crippen LogP contribution in [0.15, 0.2) is 35.9 Å². The lowest BCUT2D eigenvalue weighted by Gasteiger charge is -2.11. The molecule has 1 heterocycles. The molecule has 0 spiro atoms. The number of nitrogens with zero attached hydrogens (tertiary/aromatic N) is 3. The fraction of sp³-hybridized carbons (Fsp3) is 0.250. The molecule has 2 aromatic rings. The van der Waals surface area contributed by atoms with E-state index in [0.29, 0.717) is 5.56 Å². The van der Waals surface area contributed by atoms with Crippen LogP contribution in [0.25, 0.3) is 11.8 Å². The molecule has 2 rings (SSSR count). The van der Waals surface area contributed by atoms with Crippen molar-refractivity contribution in [2.75, 3.05) is 21.2 Å². The maximum atomic E-state index is 12.1. The van der Waals surface area contributed by atoms with Gasteiger partial charge >= 0.3 is 5.97 Å². The van der Waals surface area contributed by atoms with Gasteiger partial charge in [-0.2, -0.15) is 5.26 Å². The summed E-state index contributed by atoms with van der Waals surface area (Å²) >= 11 is 0. The van der Waals surface area contributed by atoms with Gasteiger partial charge in [-0.3, -0.25) is 4.79 Å². The maximum absolute atomic E-state index is 12.1. The van der Waals surface area contributed by atoms with Crippen LogP contribution in [0.2, 0.25) is 0 Å². The molecule has 6 nitrogen and oxygen atoms in total. The smallest absolute Gasteiger partial charge is 0.337 e. The van der Waals surface area contributed by atoms with Crippen molar-refractivity contribution in [1.82, 2.24) is 9.47 Å². The molecule has 1 aromatic heterocycles. The Morgan fingerprint density at radius 1 is 1.19 bits per heavy atom. The van der Waals surface area contributed by atoms with E-state index < -0.39 is 0 Å². The van der Waals surface area contributed by atoms with Gasteiger partial charge in [0.05, 0.1) is 12.7 Å². The van der Waals surface area contributed by atoms with E-state index in [2.05, 4.69) is 0 Å². The number of rotatable bonds is 4. The summed E-state index contributed by atoms with van der Waals surface area (Å²) < 4.78 is 6.71. The van der Waals surface area contributed by atoms with Crippen molar-refractivity contribution in [3.05, 3.63) is 58.4 Å². The van der Waals surface area contributed by atoms with Gasteiger partial charge in [0.2, 0.25) is 0 Å². The highest BCUT2D eigenvalue weighted by Crippen LogP contribution is 2.23. The molecule has 26 heavy (non-hydrogen) atoms. The lowest BCUT2D eigenvalue weighted by Crippen LogP contribution is -2.22. The Hall–Kier alpha value is -3.33. The van der Waals surface area contributed by atoms with Crippen LogP contribution >= 0.6 is 0 Å². The summed E-state index contributed by atoms with van der Waals surface area (Å²) in [6.07, 6.45) is 1.60. The lowest BCUT2D eigenvalue weighted by atomic mass is 10.1. The van der Waals surface area contributed by atoms with Gasteiger partial charge in [-0.15, -0.1) is 0 Å². The molecular weight excluding hydrogens is 330 g/mol. The number of esters is 1. The number of likely N-dealkylation sites (N-methyl/N-ethyl adjacent to an activating group) is 1. The zero-order valence-corrected chi connectivity index (χ0v) is 15.5. The van der Waals surface area contributed by atoms with E-state index in [9.17, 15) is 14.9 Å². The average Bonchev–Trinajstić information content (AvgIpc) is 2.91. The molecular formula is C20H21N3O3. The molecule has 0 fully saturated rings.